The Balaban J connectivity index is 2.09. The van der Waals surface area contributed by atoms with Crippen LogP contribution in [0.5, 0.6) is 0 Å². The SMILES string of the molecule is CC[C@H](C(=O)N[C@@H](C)CC)N(Cc1c(Cl)cccc1Cl)C(=O)CN(c1cccc(Br)c1)S(=O)(=O)c1ccccc1. The topological polar surface area (TPSA) is 86.8 Å². The molecule has 3 rings (SSSR count). The van der Waals surface area contributed by atoms with Crippen molar-refractivity contribution in [3.63, 3.8) is 0 Å². The lowest BCUT2D eigenvalue weighted by Gasteiger charge is -2.34. The third kappa shape index (κ3) is 7.78. The van der Waals surface area contributed by atoms with Crippen molar-refractivity contribution in [2.75, 3.05) is 10.8 Å². The zero-order valence-corrected chi connectivity index (χ0v) is 26.4. The maximum absolute atomic E-state index is 14.1. The number of rotatable bonds is 12. The van der Waals surface area contributed by atoms with Gasteiger partial charge in [0, 0.05) is 32.7 Å². The van der Waals surface area contributed by atoms with Crippen LogP contribution >= 0.6 is 39.1 Å². The van der Waals surface area contributed by atoms with Crippen molar-refractivity contribution in [1.82, 2.24) is 10.2 Å². The van der Waals surface area contributed by atoms with E-state index in [4.69, 9.17) is 23.2 Å². The molecule has 0 spiro atoms. The van der Waals surface area contributed by atoms with Crippen LogP contribution in [0.3, 0.4) is 0 Å². The number of benzene rings is 3. The Kier molecular flexibility index (Phi) is 11.5. The Bertz CT molecular complexity index is 1420. The summed E-state index contributed by atoms with van der Waals surface area (Å²) in [5.74, 6) is -0.921. The van der Waals surface area contributed by atoms with Gasteiger partial charge >= 0.3 is 0 Å². The van der Waals surface area contributed by atoms with E-state index < -0.39 is 28.5 Å². The molecule has 0 heterocycles. The van der Waals surface area contributed by atoms with Crippen LogP contribution in [0, 0.1) is 0 Å². The summed E-state index contributed by atoms with van der Waals surface area (Å²) in [5, 5.41) is 3.62. The summed E-state index contributed by atoms with van der Waals surface area (Å²) in [4.78, 5) is 28.9. The minimum absolute atomic E-state index is 0.0324. The van der Waals surface area contributed by atoms with Crippen LogP contribution in [0.4, 0.5) is 5.69 Å². The van der Waals surface area contributed by atoms with Crippen LogP contribution in [0.1, 0.15) is 39.2 Å². The second-order valence-electron chi connectivity index (χ2n) is 9.27. The summed E-state index contributed by atoms with van der Waals surface area (Å²) >= 11 is 16.3. The predicted octanol–water partition coefficient (Wildman–Crippen LogP) is 6.67. The van der Waals surface area contributed by atoms with Crippen molar-refractivity contribution in [1.29, 1.82) is 0 Å². The standard InChI is InChI=1S/C29H32BrCl2N3O4S/c1-4-20(3)33-29(37)27(5-2)34(18-24-25(31)15-10-16-26(24)32)28(36)19-35(22-12-9-11-21(30)17-22)40(38,39)23-13-7-6-8-14-23/h6-17,20,27H,4-5,18-19H2,1-3H3,(H,33,37)/t20-,27+/m0/s1. The molecule has 0 saturated carbocycles. The first-order valence-corrected chi connectivity index (χ1v) is 15.8. The third-order valence-electron chi connectivity index (χ3n) is 6.48. The van der Waals surface area contributed by atoms with Gasteiger partial charge in [-0.25, -0.2) is 8.42 Å². The first kappa shape index (κ1) is 31.9. The summed E-state index contributed by atoms with van der Waals surface area (Å²) in [6.07, 6.45) is 0.997. The number of hydrogen-bond acceptors (Lipinski definition) is 4. The number of nitrogens with one attached hydrogen (secondary N) is 1. The van der Waals surface area contributed by atoms with Gasteiger partial charge in [0.1, 0.15) is 12.6 Å². The van der Waals surface area contributed by atoms with E-state index >= 15 is 0 Å². The Hall–Kier alpha value is -2.59. The average molecular weight is 669 g/mol. The second-order valence-corrected chi connectivity index (χ2v) is 12.9. The number of hydrogen-bond donors (Lipinski definition) is 1. The van der Waals surface area contributed by atoms with Gasteiger partial charge in [-0.1, -0.05) is 83.3 Å². The van der Waals surface area contributed by atoms with Gasteiger partial charge in [-0.15, -0.1) is 0 Å². The molecule has 3 aromatic rings. The smallest absolute Gasteiger partial charge is 0.264 e. The van der Waals surface area contributed by atoms with Crippen LogP contribution in [-0.2, 0) is 26.2 Å². The van der Waals surface area contributed by atoms with Crippen molar-refractivity contribution >= 4 is 66.7 Å². The van der Waals surface area contributed by atoms with E-state index in [1.54, 1.807) is 67.6 Å². The average Bonchev–Trinajstić information content (AvgIpc) is 2.93. The second kappa shape index (κ2) is 14.3. The fourth-order valence-electron chi connectivity index (χ4n) is 4.09. The molecule has 0 aromatic heterocycles. The summed E-state index contributed by atoms with van der Waals surface area (Å²) in [7, 11) is -4.15. The molecule has 0 aliphatic heterocycles. The normalized spacial score (nSPS) is 12.8. The molecule has 0 saturated heterocycles. The highest BCUT2D eigenvalue weighted by atomic mass is 79.9. The fraction of sp³-hybridized carbons (Fsp3) is 0.310. The van der Waals surface area contributed by atoms with Crippen molar-refractivity contribution in [3.8, 4) is 0 Å². The van der Waals surface area contributed by atoms with Crippen LogP contribution in [-0.4, -0.2) is 43.8 Å². The molecule has 2 atom stereocenters. The Morgan fingerprint density at radius 3 is 2.12 bits per heavy atom. The molecular weight excluding hydrogens is 637 g/mol. The van der Waals surface area contributed by atoms with Gasteiger partial charge in [0.05, 0.1) is 10.6 Å². The van der Waals surface area contributed by atoms with E-state index in [1.165, 1.54) is 17.0 Å². The quantitative estimate of drug-likeness (QED) is 0.234. The van der Waals surface area contributed by atoms with E-state index in [-0.39, 0.29) is 23.4 Å². The molecule has 0 fully saturated rings. The summed E-state index contributed by atoms with van der Waals surface area (Å²) in [6, 6.07) is 18.6. The number of sulfonamides is 1. The van der Waals surface area contributed by atoms with Gasteiger partial charge < -0.3 is 10.2 Å². The first-order chi connectivity index (χ1) is 19.0. The van der Waals surface area contributed by atoms with E-state index in [0.29, 0.717) is 38.6 Å². The molecule has 0 aliphatic carbocycles. The Morgan fingerprint density at radius 2 is 1.55 bits per heavy atom. The zero-order valence-electron chi connectivity index (χ0n) is 22.5. The maximum atomic E-state index is 14.1. The predicted molar refractivity (Wildman–Crippen MR) is 164 cm³/mol. The summed E-state index contributed by atoms with van der Waals surface area (Å²) in [6.45, 7) is 4.98. The highest BCUT2D eigenvalue weighted by molar-refractivity contribution is 9.10. The van der Waals surface area contributed by atoms with E-state index in [2.05, 4.69) is 21.2 Å². The molecule has 1 N–H and O–H groups in total. The molecule has 7 nitrogen and oxygen atoms in total. The number of anilines is 1. The lowest BCUT2D eigenvalue weighted by Crippen LogP contribution is -2.53. The molecule has 0 unspecified atom stereocenters. The maximum Gasteiger partial charge on any atom is 0.264 e. The summed E-state index contributed by atoms with van der Waals surface area (Å²) in [5.41, 5.74) is 0.758. The minimum atomic E-state index is -4.15. The Morgan fingerprint density at radius 1 is 0.925 bits per heavy atom. The van der Waals surface area contributed by atoms with Crippen molar-refractivity contribution in [3.05, 3.63) is 92.9 Å². The zero-order chi connectivity index (χ0) is 29.4. The lowest BCUT2D eigenvalue weighted by atomic mass is 10.1. The molecule has 214 valence electrons. The fourth-order valence-corrected chi connectivity index (χ4v) is 6.43. The first-order valence-electron chi connectivity index (χ1n) is 12.9. The molecular formula is C29H32BrCl2N3O4S. The van der Waals surface area contributed by atoms with E-state index in [0.717, 1.165) is 4.31 Å². The largest absolute Gasteiger partial charge is 0.352 e. The van der Waals surface area contributed by atoms with Gasteiger partial charge in [0.15, 0.2) is 0 Å². The number of nitrogens with zero attached hydrogens (tertiary/aromatic N) is 2. The molecule has 2 amide bonds. The van der Waals surface area contributed by atoms with Crippen LogP contribution in [0.2, 0.25) is 10.0 Å². The number of carbonyl (C=O) groups is 2. The molecule has 0 radical (unpaired) electrons. The van der Waals surface area contributed by atoms with Crippen LogP contribution < -0.4 is 9.62 Å². The van der Waals surface area contributed by atoms with Crippen LogP contribution in [0.25, 0.3) is 0 Å². The molecule has 11 heteroatoms. The van der Waals surface area contributed by atoms with Crippen LogP contribution in [0.15, 0.2) is 82.2 Å². The third-order valence-corrected chi connectivity index (χ3v) is 9.47. The van der Waals surface area contributed by atoms with Gasteiger partial charge in [-0.05, 0) is 62.2 Å². The van der Waals surface area contributed by atoms with Crippen molar-refractivity contribution < 1.29 is 18.0 Å². The Labute approximate surface area is 254 Å². The number of carbonyl (C=O) groups excluding carboxylic acids is 2. The van der Waals surface area contributed by atoms with Gasteiger partial charge in [0.25, 0.3) is 10.0 Å². The minimum Gasteiger partial charge on any atom is -0.352 e. The van der Waals surface area contributed by atoms with Gasteiger partial charge in [0.2, 0.25) is 11.8 Å². The summed E-state index contributed by atoms with van der Waals surface area (Å²) < 4.78 is 29.4. The lowest BCUT2D eigenvalue weighted by molar-refractivity contribution is -0.140. The van der Waals surface area contributed by atoms with E-state index in [1.807, 2.05) is 13.8 Å². The van der Waals surface area contributed by atoms with Gasteiger partial charge in [-0.3, -0.25) is 13.9 Å². The molecule has 3 aromatic carbocycles. The van der Waals surface area contributed by atoms with E-state index in [9.17, 15) is 18.0 Å². The highest BCUT2D eigenvalue weighted by Crippen LogP contribution is 2.29. The molecule has 0 bridgehead atoms. The monoisotopic (exact) mass is 667 g/mol. The van der Waals surface area contributed by atoms with Crippen molar-refractivity contribution in [2.24, 2.45) is 0 Å². The number of amides is 2. The van der Waals surface area contributed by atoms with Gasteiger partial charge in [-0.2, -0.15) is 0 Å². The molecule has 40 heavy (non-hydrogen) atoms. The number of halogens is 3. The molecule has 0 aliphatic rings. The highest BCUT2D eigenvalue weighted by Gasteiger charge is 2.34. The van der Waals surface area contributed by atoms with Crippen molar-refractivity contribution in [2.45, 2.75) is 57.1 Å².